The van der Waals surface area contributed by atoms with Crippen LogP contribution < -0.4 is 10.6 Å². The Labute approximate surface area is 154 Å². The predicted molar refractivity (Wildman–Crippen MR) is 99.0 cm³/mol. The maximum atomic E-state index is 6.12. The molecule has 1 aromatic heterocycles. The lowest BCUT2D eigenvalue weighted by molar-refractivity contribution is 0.982. The number of aromatic nitrogens is 3. The fourth-order valence-corrected chi connectivity index (χ4v) is 2.47. The molecule has 0 atom stereocenters. The van der Waals surface area contributed by atoms with E-state index in [4.69, 9.17) is 34.8 Å². The van der Waals surface area contributed by atoms with Crippen molar-refractivity contribution in [3.8, 4) is 0 Å². The molecule has 1 heterocycles. The second-order valence-corrected chi connectivity index (χ2v) is 6.25. The van der Waals surface area contributed by atoms with E-state index in [1.54, 1.807) is 18.2 Å². The van der Waals surface area contributed by atoms with Crippen LogP contribution in [0.1, 0.15) is 5.56 Å². The van der Waals surface area contributed by atoms with Gasteiger partial charge in [-0.2, -0.15) is 10.1 Å². The molecule has 0 saturated carbocycles. The molecule has 0 aliphatic rings. The number of anilines is 4. The first-order valence-electron chi connectivity index (χ1n) is 6.96. The highest BCUT2D eigenvalue weighted by molar-refractivity contribution is 6.35. The van der Waals surface area contributed by atoms with Gasteiger partial charge in [-0.3, -0.25) is 0 Å². The van der Waals surface area contributed by atoms with Crippen LogP contribution in [0, 0.1) is 6.92 Å². The molecule has 3 rings (SSSR count). The highest BCUT2D eigenvalue weighted by Crippen LogP contribution is 2.28. The second-order valence-electron chi connectivity index (χ2n) is 5.00. The molecule has 5 nitrogen and oxygen atoms in total. The molecule has 122 valence electrons. The van der Waals surface area contributed by atoms with Crippen molar-refractivity contribution in [2.45, 2.75) is 6.92 Å². The smallest absolute Gasteiger partial charge is 0.249 e. The Kier molecular flexibility index (Phi) is 5.04. The Morgan fingerprint density at radius 2 is 1.75 bits per heavy atom. The van der Waals surface area contributed by atoms with Gasteiger partial charge in [0.05, 0.1) is 16.9 Å². The molecule has 0 bridgehead atoms. The Balaban J connectivity index is 1.81. The maximum absolute atomic E-state index is 6.12. The van der Waals surface area contributed by atoms with Crippen LogP contribution in [0.4, 0.5) is 23.1 Å². The van der Waals surface area contributed by atoms with Gasteiger partial charge < -0.3 is 10.6 Å². The van der Waals surface area contributed by atoms with E-state index in [2.05, 4.69) is 25.8 Å². The number of halogens is 3. The quantitative estimate of drug-likeness (QED) is 0.614. The number of rotatable bonds is 4. The fraction of sp³-hybridized carbons (Fsp3) is 0.0625. The lowest BCUT2D eigenvalue weighted by Crippen LogP contribution is -2.02. The molecule has 0 spiro atoms. The Morgan fingerprint density at radius 3 is 2.54 bits per heavy atom. The minimum absolute atomic E-state index is 0.294. The summed E-state index contributed by atoms with van der Waals surface area (Å²) < 4.78 is 0. The molecular formula is C16H12Cl3N5. The lowest BCUT2D eigenvalue weighted by atomic mass is 10.2. The van der Waals surface area contributed by atoms with E-state index in [1.807, 2.05) is 25.1 Å². The SMILES string of the molecule is Cc1ccc(Nc2cnnc(Nc3cc(Cl)ccc3Cl)n2)cc1Cl. The molecule has 0 radical (unpaired) electrons. The van der Waals surface area contributed by atoms with Crippen LogP contribution in [-0.2, 0) is 0 Å². The normalized spacial score (nSPS) is 10.5. The number of hydrogen-bond donors (Lipinski definition) is 2. The number of nitrogens with one attached hydrogen (secondary N) is 2. The standard InChI is InChI=1S/C16H12Cl3N5/c1-9-2-4-11(7-13(9)19)21-15-8-20-24-16(23-15)22-14-6-10(17)3-5-12(14)18/h2-8H,1H3,(H2,21,22,23,24). The summed E-state index contributed by atoms with van der Waals surface area (Å²) in [5.41, 5.74) is 2.40. The van der Waals surface area contributed by atoms with E-state index >= 15 is 0 Å². The third-order valence-electron chi connectivity index (χ3n) is 3.18. The Morgan fingerprint density at radius 1 is 0.917 bits per heavy atom. The van der Waals surface area contributed by atoms with Gasteiger partial charge >= 0.3 is 0 Å². The highest BCUT2D eigenvalue weighted by Gasteiger charge is 2.06. The fourth-order valence-electron chi connectivity index (χ4n) is 1.95. The summed E-state index contributed by atoms with van der Waals surface area (Å²) in [4.78, 5) is 4.35. The van der Waals surface area contributed by atoms with Crippen molar-refractivity contribution in [3.05, 3.63) is 63.2 Å². The molecule has 0 aliphatic heterocycles. The Bertz CT molecular complexity index is 885. The summed E-state index contributed by atoms with van der Waals surface area (Å²) >= 11 is 18.2. The zero-order valence-corrected chi connectivity index (χ0v) is 14.8. The first-order chi connectivity index (χ1) is 11.5. The van der Waals surface area contributed by atoms with E-state index in [9.17, 15) is 0 Å². The van der Waals surface area contributed by atoms with Crippen LogP contribution in [0.2, 0.25) is 15.1 Å². The molecule has 8 heteroatoms. The van der Waals surface area contributed by atoms with E-state index in [1.165, 1.54) is 6.20 Å². The van der Waals surface area contributed by atoms with Crippen molar-refractivity contribution in [2.75, 3.05) is 10.6 Å². The molecule has 0 fully saturated rings. The zero-order chi connectivity index (χ0) is 17.1. The van der Waals surface area contributed by atoms with Crippen molar-refractivity contribution in [2.24, 2.45) is 0 Å². The lowest BCUT2D eigenvalue weighted by Gasteiger charge is -2.09. The molecule has 0 aliphatic carbocycles. The zero-order valence-electron chi connectivity index (χ0n) is 12.5. The van der Waals surface area contributed by atoms with Crippen LogP contribution in [0.5, 0.6) is 0 Å². The van der Waals surface area contributed by atoms with E-state index in [0.717, 1.165) is 11.3 Å². The van der Waals surface area contributed by atoms with Crippen molar-refractivity contribution in [3.63, 3.8) is 0 Å². The Hall–Kier alpha value is -2.08. The van der Waals surface area contributed by atoms with Gasteiger partial charge in [0, 0.05) is 15.7 Å². The first kappa shape index (κ1) is 16.8. The molecule has 0 unspecified atom stereocenters. The summed E-state index contributed by atoms with van der Waals surface area (Å²) in [6.45, 7) is 1.94. The summed E-state index contributed by atoms with van der Waals surface area (Å²) in [5, 5.41) is 15.7. The van der Waals surface area contributed by atoms with E-state index < -0.39 is 0 Å². The minimum Gasteiger partial charge on any atom is -0.339 e. The molecule has 0 amide bonds. The highest BCUT2D eigenvalue weighted by atomic mass is 35.5. The number of hydrogen-bond acceptors (Lipinski definition) is 5. The van der Waals surface area contributed by atoms with Gasteiger partial charge in [0.25, 0.3) is 0 Å². The summed E-state index contributed by atoms with van der Waals surface area (Å²) in [6.07, 6.45) is 1.51. The number of aryl methyl sites for hydroxylation is 1. The average molecular weight is 381 g/mol. The second kappa shape index (κ2) is 7.21. The average Bonchev–Trinajstić information content (AvgIpc) is 2.55. The summed E-state index contributed by atoms with van der Waals surface area (Å²) in [5.74, 6) is 0.813. The number of benzene rings is 2. The third-order valence-corrected chi connectivity index (χ3v) is 4.15. The monoisotopic (exact) mass is 379 g/mol. The number of nitrogens with zero attached hydrogens (tertiary/aromatic N) is 3. The van der Waals surface area contributed by atoms with Crippen LogP contribution in [0.15, 0.2) is 42.6 Å². The third kappa shape index (κ3) is 4.06. The molecule has 3 aromatic rings. The summed E-state index contributed by atoms with van der Waals surface area (Å²) in [7, 11) is 0. The van der Waals surface area contributed by atoms with Gasteiger partial charge in [-0.15, -0.1) is 5.10 Å². The molecule has 0 saturated heterocycles. The van der Waals surface area contributed by atoms with E-state index in [0.29, 0.717) is 32.5 Å². The maximum Gasteiger partial charge on any atom is 0.249 e. The molecule has 24 heavy (non-hydrogen) atoms. The molecule has 2 aromatic carbocycles. The van der Waals surface area contributed by atoms with Crippen LogP contribution in [0.3, 0.4) is 0 Å². The van der Waals surface area contributed by atoms with Gasteiger partial charge in [0.2, 0.25) is 5.95 Å². The van der Waals surface area contributed by atoms with Crippen LogP contribution in [0.25, 0.3) is 0 Å². The van der Waals surface area contributed by atoms with Crippen molar-refractivity contribution < 1.29 is 0 Å². The minimum atomic E-state index is 0.294. The predicted octanol–water partition coefficient (Wildman–Crippen LogP) is 5.63. The molecule has 2 N–H and O–H groups in total. The molecular weight excluding hydrogens is 369 g/mol. The van der Waals surface area contributed by atoms with Crippen molar-refractivity contribution >= 4 is 57.9 Å². The topological polar surface area (TPSA) is 62.7 Å². The largest absolute Gasteiger partial charge is 0.339 e. The van der Waals surface area contributed by atoms with Gasteiger partial charge in [0.1, 0.15) is 0 Å². The van der Waals surface area contributed by atoms with Gasteiger partial charge in [0.15, 0.2) is 5.82 Å². The first-order valence-corrected chi connectivity index (χ1v) is 8.09. The van der Waals surface area contributed by atoms with E-state index in [-0.39, 0.29) is 0 Å². The van der Waals surface area contributed by atoms with Gasteiger partial charge in [-0.25, -0.2) is 0 Å². The van der Waals surface area contributed by atoms with Crippen LogP contribution in [-0.4, -0.2) is 15.2 Å². The summed E-state index contributed by atoms with van der Waals surface area (Å²) in [6, 6.07) is 10.7. The van der Waals surface area contributed by atoms with Gasteiger partial charge in [-0.1, -0.05) is 40.9 Å². The van der Waals surface area contributed by atoms with Crippen molar-refractivity contribution in [1.29, 1.82) is 0 Å². The van der Waals surface area contributed by atoms with Gasteiger partial charge in [-0.05, 0) is 42.8 Å². The van der Waals surface area contributed by atoms with Crippen LogP contribution >= 0.6 is 34.8 Å². The van der Waals surface area contributed by atoms with Crippen molar-refractivity contribution in [1.82, 2.24) is 15.2 Å².